The van der Waals surface area contributed by atoms with Crippen molar-refractivity contribution >= 4 is 22.7 Å². The van der Waals surface area contributed by atoms with Gasteiger partial charge in [-0.2, -0.15) is 0 Å². The molecule has 1 aliphatic carbocycles. The molecular weight excluding hydrogens is 270 g/mol. The zero-order chi connectivity index (χ0) is 15.0. The van der Waals surface area contributed by atoms with Crippen molar-refractivity contribution < 1.29 is 9.90 Å². The summed E-state index contributed by atoms with van der Waals surface area (Å²) in [6.07, 6.45) is 6.57. The standard InChI is InChI=1S/C15H17N3O3/c16-12-10-7-4-8-17-13(10)18(9-5-2-1-3-6-9)14(19)11(12)15(20)21/h4,7-9H,1-3,5-6,16H2,(H,20,21). The molecule has 0 unspecified atom stereocenters. The molecule has 0 saturated heterocycles. The van der Waals surface area contributed by atoms with Crippen LogP contribution in [0, 0.1) is 0 Å². The number of carboxylic acid groups (broad SMARTS) is 1. The first-order valence-corrected chi connectivity index (χ1v) is 7.13. The van der Waals surface area contributed by atoms with Crippen LogP contribution in [0.25, 0.3) is 11.0 Å². The number of aromatic carboxylic acids is 1. The van der Waals surface area contributed by atoms with E-state index in [1.54, 1.807) is 18.3 Å². The topological polar surface area (TPSA) is 98.2 Å². The quantitative estimate of drug-likeness (QED) is 0.882. The summed E-state index contributed by atoms with van der Waals surface area (Å²) < 4.78 is 1.54. The van der Waals surface area contributed by atoms with Crippen molar-refractivity contribution in [2.24, 2.45) is 0 Å². The van der Waals surface area contributed by atoms with Crippen LogP contribution in [-0.2, 0) is 0 Å². The lowest BCUT2D eigenvalue weighted by atomic mass is 9.94. The first kappa shape index (κ1) is 13.6. The van der Waals surface area contributed by atoms with E-state index >= 15 is 0 Å². The van der Waals surface area contributed by atoms with Gasteiger partial charge in [-0.25, -0.2) is 9.78 Å². The van der Waals surface area contributed by atoms with Crippen LogP contribution < -0.4 is 11.3 Å². The highest BCUT2D eigenvalue weighted by atomic mass is 16.4. The molecule has 0 amide bonds. The molecule has 3 N–H and O–H groups in total. The van der Waals surface area contributed by atoms with Crippen molar-refractivity contribution in [2.45, 2.75) is 38.1 Å². The van der Waals surface area contributed by atoms with Crippen LogP contribution in [-0.4, -0.2) is 20.6 Å². The van der Waals surface area contributed by atoms with E-state index in [-0.39, 0.29) is 17.3 Å². The highest BCUT2D eigenvalue weighted by molar-refractivity contribution is 6.02. The minimum atomic E-state index is -1.28. The molecule has 1 saturated carbocycles. The number of carboxylic acids is 1. The zero-order valence-electron chi connectivity index (χ0n) is 11.6. The van der Waals surface area contributed by atoms with Gasteiger partial charge < -0.3 is 10.8 Å². The van der Waals surface area contributed by atoms with E-state index in [0.717, 1.165) is 32.1 Å². The van der Waals surface area contributed by atoms with Gasteiger partial charge in [-0.3, -0.25) is 9.36 Å². The van der Waals surface area contributed by atoms with Gasteiger partial charge in [0.2, 0.25) is 0 Å². The number of rotatable bonds is 2. The number of hydrogen-bond acceptors (Lipinski definition) is 4. The lowest BCUT2D eigenvalue weighted by Gasteiger charge is -2.25. The summed E-state index contributed by atoms with van der Waals surface area (Å²) in [4.78, 5) is 28.3. The van der Waals surface area contributed by atoms with Gasteiger partial charge in [-0.05, 0) is 25.0 Å². The number of pyridine rings is 2. The van der Waals surface area contributed by atoms with E-state index in [2.05, 4.69) is 4.98 Å². The lowest BCUT2D eigenvalue weighted by molar-refractivity contribution is 0.0695. The number of nitrogens with two attached hydrogens (primary N) is 1. The van der Waals surface area contributed by atoms with Gasteiger partial charge in [0.05, 0.1) is 5.69 Å². The Morgan fingerprint density at radius 3 is 2.71 bits per heavy atom. The Kier molecular flexibility index (Phi) is 3.37. The van der Waals surface area contributed by atoms with Crippen LogP contribution >= 0.6 is 0 Å². The molecule has 1 aliphatic rings. The summed E-state index contributed by atoms with van der Waals surface area (Å²) >= 11 is 0. The van der Waals surface area contributed by atoms with Gasteiger partial charge in [0.1, 0.15) is 11.2 Å². The molecule has 2 aromatic heterocycles. The predicted octanol–water partition coefficient (Wildman–Crippen LogP) is 2.18. The van der Waals surface area contributed by atoms with Crippen LogP contribution in [0.1, 0.15) is 48.5 Å². The van der Waals surface area contributed by atoms with E-state index in [9.17, 15) is 14.7 Å². The zero-order valence-corrected chi connectivity index (χ0v) is 11.6. The Morgan fingerprint density at radius 1 is 1.33 bits per heavy atom. The number of hydrogen-bond donors (Lipinski definition) is 2. The summed E-state index contributed by atoms with van der Waals surface area (Å²) in [5.74, 6) is -1.28. The summed E-state index contributed by atoms with van der Waals surface area (Å²) in [7, 11) is 0. The normalized spacial score (nSPS) is 16.2. The van der Waals surface area contributed by atoms with Crippen LogP contribution in [0.15, 0.2) is 23.1 Å². The van der Waals surface area contributed by atoms with Crippen molar-refractivity contribution in [3.05, 3.63) is 34.2 Å². The maximum absolute atomic E-state index is 12.6. The van der Waals surface area contributed by atoms with Crippen molar-refractivity contribution in [3.8, 4) is 0 Å². The fourth-order valence-corrected chi connectivity index (χ4v) is 3.15. The number of anilines is 1. The number of nitrogen functional groups attached to an aromatic ring is 1. The number of nitrogens with zero attached hydrogens (tertiary/aromatic N) is 2. The number of carbonyl (C=O) groups is 1. The smallest absolute Gasteiger partial charge is 0.343 e. The summed E-state index contributed by atoms with van der Waals surface area (Å²) in [6.45, 7) is 0. The molecule has 0 spiro atoms. The van der Waals surface area contributed by atoms with Crippen molar-refractivity contribution in [1.82, 2.24) is 9.55 Å². The largest absolute Gasteiger partial charge is 0.477 e. The fourth-order valence-electron chi connectivity index (χ4n) is 3.15. The minimum absolute atomic E-state index is 0.00218. The van der Waals surface area contributed by atoms with Crippen LogP contribution in [0.3, 0.4) is 0 Å². The first-order valence-electron chi connectivity index (χ1n) is 7.13. The molecule has 0 atom stereocenters. The van der Waals surface area contributed by atoms with Crippen LogP contribution in [0.2, 0.25) is 0 Å². The van der Waals surface area contributed by atoms with Gasteiger partial charge in [0, 0.05) is 17.6 Å². The molecule has 0 aromatic carbocycles. The molecule has 110 valence electrons. The monoisotopic (exact) mass is 287 g/mol. The molecule has 1 fully saturated rings. The second kappa shape index (κ2) is 5.20. The SMILES string of the molecule is Nc1c(C(=O)O)c(=O)n(C2CCCCC2)c2ncccc12. The van der Waals surface area contributed by atoms with Gasteiger partial charge in [-0.1, -0.05) is 19.3 Å². The molecule has 0 bridgehead atoms. The molecule has 3 rings (SSSR count). The second-order valence-electron chi connectivity index (χ2n) is 5.44. The Hall–Kier alpha value is -2.37. The van der Waals surface area contributed by atoms with E-state index in [1.165, 1.54) is 4.57 Å². The molecule has 6 nitrogen and oxygen atoms in total. The van der Waals surface area contributed by atoms with Crippen LogP contribution in [0.4, 0.5) is 5.69 Å². The molecule has 6 heteroatoms. The van der Waals surface area contributed by atoms with Crippen molar-refractivity contribution in [2.75, 3.05) is 5.73 Å². The highest BCUT2D eigenvalue weighted by Gasteiger charge is 2.25. The van der Waals surface area contributed by atoms with Gasteiger partial charge in [0.25, 0.3) is 5.56 Å². The summed E-state index contributed by atoms with van der Waals surface area (Å²) in [6, 6.07) is 3.41. The van der Waals surface area contributed by atoms with E-state index in [4.69, 9.17) is 5.73 Å². The third kappa shape index (κ3) is 2.16. The average molecular weight is 287 g/mol. The Morgan fingerprint density at radius 2 is 2.05 bits per heavy atom. The Balaban J connectivity index is 2.36. The highest BCUT2D eigenvalue weighted by Crippen LogP contribution is 2.31. The third-order valence-corrected chi connectivity index (χ3v) is 4.16. The lowest BCUT2D eigenvalue weighted by Crippen LogP contribution is -2.32. The first-order chi connectivity index (χ1) is 10.1. The molecule has 21 heavy (non-hydrogen) atoms. The molecule has 0 aliphatic heterocycles. The van der Waals surface area contributed by atoms with Crippen molar-refractivity contribution in [3.63, 3.8) is 0 Å². The minimum Gasteiger partial charge on any atom is -0.477 e. The third-order valence-electron chi connectivity index (χ3n) is 4.16. The second-order valence-corrected chi connectivity index (χ2v) is 5.44. The Bertz CT molecular complexity index is 761. The predicted molar refractivity (Wildman–Crippen MR) is 79.5 cm³/mol. The van der Waals surface area contributed by atoms with E-state index in [1.807, 2.05) is 0 Å². The molecule has 2 heterocycles. The number of aromatic nitrogens is 2. The van der Waals surface area contributed by atoms with Gasteiger partial charge >= 0.3 is 5.97 Å². The average Bonchev–Trinajstić information content (AvgIpc) is 2.48. The van der Waals surface area contributed by atoms with E-state index in [0.29, 0.717) is 11.0 Å². The molecular formula is C15H17N3O3. The van der Waals surface area contributed by atoms with Gasteiger partial charge in [0.15, 0.2) is 0 Å². The van der Waals surface area contributed by atoms with Gasteiger partial charge in [-0.15, -0.1) is 0 Å². The van der Waals surface area contributed by atoms with Crippen molar-refractivity contribution in [1.29, 1.82) is 0 Å². The van der Waals surface area contributed by atoms with E-state index < -0.39 is 11.5 Å². The Labute approximate surface area is 121 Å². The molecule has 0 radical (unpaired) electrons. The maximum atomic E-state index is 12.6. The number of fused-ring (bicyclic) bond motifs is 1. The molecule has 2 aromatic rings. The fraction of sp³-hybridized carbons (Fsp3) is 0.400. The summed E-state index contributed by atoms with van der Waals surface area (Å²) in [5, 5.41) is 9.84. The maximum Gasteiger partial charge on any atom is 0.343 e. The summed E-state index contributed by atoms with van der Waals surface area (Å²) in [5.41, 5.74) is 5.48. The van der Waals surface area contributed by atoms with Crippen LogP contribution in [0.5, 0.6) is 0 Å².